The maximum atomic E-state index is 13.7. The summed E-state index contributed by atoms with van der Waals surface area (Å²) < 4.78 is 3.80. The number of fused-ring (bicyclic) bond motifs is 1. The van der Waals surface area contributed by atoms with Crippen molar-refractivity contribution in [3.63, 3.8) is 0 Å². The number of para-hydroxylation sites is 1. The number of hydrogen-bond acceptors (Lipinski definition) is 3. The molecule has 5 rings (SSSR count). The smallest absolute Gasteiger partial charge is 0.258 e. The highest BCUT2D eigenvalue weighted by molar-refractivity contribution is 6.01. The van der Waals surface area contributed by atoms with Gasteiger partial charge >= 0.3 is 0 Å². The average molecular weight is 422 g/mol. The van der Waals surface area contributed by atoms with Gasteiger partial charge in [-0.3, -0.25) is 4.79 Å². The SMILES string of the molecule is Cc1c(C(=O)N(C)Cc2cn3ccccc3n2)c(-c2ccccc2)nn1-c1ccccc1. The van der Waals surface area contributed by atoms with Crippen molar-refractivity contribution in [3.8, 4) is 16.9 Å². The Morgan fingerprint density at radius 3 is 2.34 bits per heavy atom. The average Bonchev–Trinajstić information content (AvgIpc) is 3.40. The Balaban J connectivity index is 1.54. The first kappa shape index (κ1) is 19.8. The van der Waals surface area contributed by atoms with Gasteiger partial charge in [-0.25, -0.2) is 9.67 Å². The van der Waals surface area contributed by atoms with Gasteiger partial charge in [0.15, 0.2) is 0 Å². The van der Waals surface area contributed by atoms with Crippen LogP contribution < -0.4 is 0 Å². The van der Waals surface area contributed by atoms with Gasteiger partial charge in [-0.2, -0.15) is 5.10 Å². The molecule has 0 saturated heterocycles. The topological polar surface area (TPSA) is 55.4 Å². The van der Waals surface area contributed by atoms with E-state index in [4.69, 9.17) is 5.10 Å². The van der Waals surface area contributed by atoms with Gasteiger partial charge in [-0.15, -0.1) is 0 Å². The number of hydrogen-bond donors (Lipinski definition) is 0. The summed E-state index contributed by atoms with van der Waals surface area (Å²) in [5.41, 5.74) is 5.62. The van der Waals surface area contributed by atoms with Crippen LogP contribution in [0, 0.1) is 6.92 Å². The van der Waals surface area contributed by atoms with Gasteiger partial charge in [0.2, 0.25) is 0 Å². The molecule has 3 heterocycles. The zero-order chi connectivity index (χ0) is 22.1. The fourth-order valence-electron chi connectivity index (χ4n) is 3.95. The summed E-state index contributed by atoms with van der Waals surface area (Å²) in [4.78, 5) is 20.0. The van der Waals surface area contributed by atoms with E-state index in [9.17, 15) is 4.79 Å². The van der Waals surface area contributed by atoms with Crippen LogP contribution in [-0.2, 0) is 6.54 Å². The number of aromatic nitrogens is 4. The molecule has 0 aliphatic carbocycles. The minimum Gasteiger partial charge on any atom is -0.336 e. The highest BCUT2D eigenvalue weighted by Gasteiger charge is 2.26. The lowest BCUT2D eigenvalue weighted by Gasteiger charge is -2.16. The van der Waals surface area contributed by atoms with Gasteiger partial charge in [0.05, 0.1) is 29.2 Å². The minimum absolute atomic E-state index is 0.0828. The largest absolute Gasteiger partial charge is 0.336 e. The van der Waals surface area contributed by atoms with Gasteiger partial charge in [0.25, 0.3) is 5.91 Å². The molecule has 0 saturated carbocycles. The van der Waals surface area contributed by atoms with Crippen LogP contribution in [0.15, 0.2) is 91.3 Å². The fourth-order valence-corrected chi connectivity index (χ4v) is 3.95. The van der Waals surface area contributed by atoms with Crippen LogP contribution in [0.1, 0.15) is 21.7 Å². The number of nitrogens with zero attached hydrogens (tertiary/aromatic N) is 5. The quantitative estimate of drug-likeness (QED) is 0.411. The van der Waals surface area contributed by atoms with Gasteiger partial charge in [-0.1, -0.05) is 54.6 Å². The molecule has 32 heavy (non-hydrogen) atoms. The Hall–Kier alpha value is -4.19. The molecule has 0 N–H and O–H groups in total. The number of imidazole rings is 1. The van der Waals surface area contributed by atoms with Crippen molar-refractivity contribution in [1.82, 2.24) is 24.1 Å². The Morgan fingerprint density at radius 1 is 0.938 bits per heavy atom. The highest BCUT2D eigenvalue weighted by Crippen LogP contribution is 2.28. The normalized spacial score (nSPS) is 11.1. The molecule has 0 fully saturated rings. The summed E-state index contributed by atoms with van der Waals surface area (Å²) >= 11 is 0. The minimum atomic E-state index is -0.0828. The maximum absolute atomic E-state index is 13.7. The lowest BCUT2D eigenvalue weighted by atomic mass is 10.0. The summed E-state index contributed by atoms with van der Waals surface area (Å²) in [6, 6.07) is 25.6. The van der Waals surface area contributed by atoms with Crippen LogP contribution in [0.5, 0.6) is 0 Å². The van der Waals surface area contributed by atoms with Crippen LogP contribution in [0.4, 0.5) is 0 Å². The summed E-state index contributed by atoms with van der Waals surface area (Å²) in [6.07, 6.45) is 3.91. The van der Waals surface area contributed by atoms with Crippen molar-refractivity contribution < 1.29 is 4.79 Å². The van der Waals surface area contributed by atoms with E-state index in [-0.39, 0.29) is 5.91 Å². The van der Waals surface area contributed by atoms with Crippen molar-refractivity contribution in [3.05, 3.63) is 108 Å². The number of benzene rings is 2. The van der Waals surface area contributed by atoms with E-state index in [2.05, 4.69) is 4.98 Å². The lowest BCUT2D eigenvalue weighted by Crippen LogP contribution is -2.27. The predicted octanol–water partition coefficient (Wildman–Crippen LogP) is 4.77. The maximum Gasteiger partial charge on any atom is 0.258 e. The molecular weight excluding hydrogens is 398 g/mol. The number of pyridine rings is 1. The third kappa shape index (κ3) is 3.56. The van der Waals surface area contributed by atoms with Crippen LogP contribution >= 0.6 is 0 Å². The second-order valence-corrected chi connectivity index (χ2v) is 7.78. The van der Waals surface area contributed by atoms with Crippen molar-refractivity contribution in [1.29, 1.82) is 0 Å². The number of rotatable bonds is 5. The Morgan fingerprint density at radius 2 is 1.62 bits per heavy atom. The molecular formula is C26H23N5O. The van der Waals surface area contributed by atoms with E-state index in [0.29, 0.717) is 17.8 Å². The van der Waals surface area contributed by atoms with Crippen molar-refractivity contribution in [2.24, 2.45) is 0 Å². The second-order valence-electron chi connectivity index (χ2n) is 7.78. The van der Waals surface area contributed by atoms with E-state index < -0.39 is 0 Å². The lowest BCUT2D eigenvalue weighted by molar-refractivity contribution is 0.0783. The molecule has 6 heteroatoms. The molecule has 0 spiro atoms. The Kier molecular flexibility index (Phi) is 5.03. The first-order chi connectivity index (χ1) is 15.6. The molecule has 5 aromatic rings. The monoisotopic (exact) mass is 421 g/mol. The van der Waals surface area contributed by atoms with E-state index in [1.807, 2.05) is 107 Å². The molecule has 0 radical (unpaired) electrons. The van der Waals surface area contributed by atoms with Gasteiger partial charge in [0.1, 0.15) is 11.3 Å². The summed E-state index contributed by atoms with van der Waals surface area (Å²) in [5, 5.41) is 4.84. The third-order valence-corrected chi connectivity index (χ3v) is 5.54. The first-order valence-corrected chi connectivity index (χ1v) is 10.5. The van der Waals surface area contributed by atoms with Crippen LogP contribution in [0.25, 0.3) is 22.6 Å². The molecule has 0 atom stereocenters. The fraction of sp³-hybridized carbons (Fsp3) is 0.115. The van der Waals surface area contributed by atoms with Crippen LogP contribution in [0.2, 0.25) is 0 Å². The summed E-state index contributed by atoms with van der Waals surface area (Å²) in [5.74, 6) is -0.0828. The zero-order valence-electron chi connectivity index (χ0n) is 18.0. The Bertz CT molecular complexity index is 1350. The van der Waals surface area contributed by atoms with Crippen molar-refractivity contribution in [2.45, 2.75) is 13.5 Å². The highest BCUT2D eigenvalue weighted by atomic mass is 16.2. The van der Waals surface area contributed by atoms with Gasteiger partial charge in [-0.05, 0) is 31.2 Å². The molecule has 0 aliphatic heterocycles. The summed E-state index contributed by atoms with van der Waals surface area (Å²) in [6.45, 7) is 2.35. The molecule has 0 aliphatic rings. The second kappa shape index (κ2) is 8.15. The molecule has 6 nitrogen and oxygen atoms in total. The van der Waals surface area contributed by atoms with E-state index in [1.54, 1.807) is 11.9 Å². The van der Waals surface area contributed by atoms with Crippen molar-refractivity contribution >= 4 is 11.6 Å². The molecule has 158 valence electrons. The van der Waals surface area contributed by atoms with Crippen LogP contribution in [0.3, 0.4) is 0 Å². The predicted molar refractivity (Wildman–Crippen MR) is 125 cm³/mol. The molecule has 2 aromatic carbocycles. The van der Waals surface area contributed by atoms with Gasteiger partial charge < -0.3 is 9.30 Å². The van der Waals surface area contributed by atoms with E-state index in [0.717, 1.165) is 28.3 Å². The third-order valence-electron chi connectivity index (χ3n) is 5.54. The number of carbonyl (C=O) groups is 1. The number of amides is 1. The molecule has 0 unspecified atom stereocenters. The Labute approximate surface area is 186 Å². The summed E-state index contributed by atoms with van der Waals surface area (Å²) in [7, 11) is 1.81. The molecule has 1 amide bonds. The van der Waals surface area contributed by atoms with Crippen molar-refractivity contribution in [2.75, 3.05) is 7.05 Å². The standard InChI is InChI=1S/C26H23N5O/c1-19-24(26(32)29(2)17-21-18-30-16-10-9-15-23(30)27-21)25(20-11-5-3-6-12-20)28-31(19)22-13-7-4-8-14-22/h3-16,18H,17H2,1-2H3. The van der Waals surface area contributed by atoms with Crippen LogP contribution in [-0.4, -0.2) is 37.0 Å². The van der Waals surface area contributed by atoms with Gasteiger partial charge in [0, 0.05) is 25.0 Å². The first-order valence-electron chi connectivity index (χ1n) is 10.5. The zero-order valence-corrected chi connectivity index (χ0v) is 18.0. The number of carbonyl (C=O) groups excluding carboxylic acids is 1. The molecule has 0 bridgehead atoms. The molecule has 3 aromatic heterocycles. The van der Waals surface area contributed by atoms with E-state index >= 15 is 0 Å². The van der Waals surface area contributed by atoms with E-state index in [1.165, 1.54) is 0 Å².